The van der Waals surface area contributed by atoms with Crippen molar-refractivity contribution in [3.63, 3.8) is 0 Å². The Labute approximate surface area is 176 Å². The molecule has 172 valence electrons. The number of aliphatic carboxylic acids is 1. The smallest absolute Gasteiger partial charge is 0.303 e. The maximum absolute atomic E-state index is 11.4. The number of hydrogen-bond acceptors (Lipinski definition) is 8. The van der Waals surface area contributed by atoms with E-state index in [0.717, 1.165) is 0 Å². The summed E-state index contributed by atoms with van der Waals surface area (Å²) < 4.78 is 0. The van der Waals surface area contributed by atoms with Crippen molar-refractivity contribution in [2.75, 3.05) is 78.5 Å². The fraction of sp³-hybridized carbons (Fsp3) is 0.778. The Balaban J connectivity index is 2.87. The molecule has 0 radical (unpaired) electrons. The van der Waals surface area contributed by atoms with Crippen LogP contribution in [0.25, 0.3) is 0 Å². The topological polar surface area (TPSA) is 180 Å². The molecular weight excluding hydrogens is 394 g/mol. The van der Waals surface area contributed by atoms with Gasteiger partial charge in [0.15, 0.2) is 0 Å². The van der Waals surface area contributed by atoms with Crippen molar-refractivity contribution in [2.24, 2.45) is 17.2 Å². The molecule has 0 aromatic carbocycles. The van der Waals surface area contributed by atoms with Gasteiger partial charge in [-0.3, -0.25) is 33.9 Å². The molecule has 1 heterocycles. The van der Waals surface area contributed by atoms with E-state index in [9.17, 15) is 19.2 Å². The molecule has 0 aromatic heterocycles. The molecule has 0 atom stereocenters. The lowest BCUT2D eigenvalue weighted by Gasteiger charge is -2.33. The number of carbonyl (C=O) groups is 4. The van der Waals surface area contributed by atoms with Gasteiger partial charge < -0.3 is 27.2 Å². The second-order valence-corrected chi connectivity index (χ2v) is 7.57. The highest BCUT2D eigenvalue weighted by Crippen LogP contribution is 2.02. The second kappa shape index (κ2) is 13.9. The number of carboxylic acid groups (broad SMARTS) is 1. The van der Waals surface area contributed by atoms with Crippen LogP contribution >= 0.6 is 0 Å². The van der Waals surface area contributed by atoms with Gasteiger partial charge in [-0.1, -0.05) is 0 Å². The third-order valence-electron chi connectivity index (χ3n) is 4.93. The van der Waals surface area contributed by atoms with Gasteiger partial charge in [-0.2, -0.15) is 0 Å². The first-order valence-corrected chi connectivity index (χ1v) is 10.1. The normalized spacial score (nSPS) is 18.9. The van der Waals surface area contributed by atoms with Crippen LogP contribution in [0.1, 0.15) is 12.8 Å². The summed E-state index contributed by atoms with van der Waals surface area (Å²) in [5.74, 6) is -2.17. The SMILES string of the molecule is NC(=O)CN1CCN(CCCC(=O)O)CCN(CC(N)=O)CCN(CC(N)=O)CC1. The molecule has 30 heavy (non-hydrogen) atoms. The van der Waals surface area contributed by atoms with Crippen LogP contribution in [0.5, 0.6) is 0 Å². The summed E-state index contributed by atoms with van der Waals surface area (Å²) in [5, 5.41) is 8.89. The fourth-order valence-corrected chi connectivity index (χ4v) is 3.39. The molecule has 12 heteroatoms. The maximum Gasteiger partial charge on any atom is 0.303 e. The van der Waals surface area contributed by atoms with Crippen LogP contribution < -0.4 is 17.2 Å². The number of hydrogen-bond donors (Lipinski definition) is 4. The number of nitrogens with zero attached hydrogens (tertiary/aromatic N) is 4. The predicted octanol–water partition coefficient (Wildman–Crippen LogP) is -3.47. The average Bonchev–Trinajstić information content (AvgIpc) is 2.62. The van der Waals surface area contributed by atoms with Crippen molar-refractivity contribution < 1.29 is 24.3 Å². The third kappa shape index (κ3) is 12.3. The summed E-state index contributed by atoms with van der Waals surface area (Å²) in [4.78, 5) is 53.0. The highest BCUT2D eigenvalue weighted by Gasteiger charge is 2.19. The Bertz CT molecular complexity index is 557. The zero-order valence-electron chi connectivity index (χ0n) is 17.5. The van der Waals surface area contributed by atoms with Crippen LogP contribution in [0.15, 0.2) is 0 Å². The fourth-order valence-electron chi connectivity index (χ4n) is 3.39. The summed E-state index contributed by atoms with van der Waals surface area (Å²) in [6.07, 6.45) is 0.585. The van der Waals surface area contributed by atoms with E-state index in [1.165, 1.54) is 0 Å². The minimum atomic E-state index is -0.843. The van der Waals surface area contributed by atoms with Gasteiger partial charge in [0.1, 0.15) is 0 Å². The molecule has 0 unspecified atom stereocenters. The predicted molar refractivity (Wildman–Crippen MR) is 110 cm³/mol. The van der Waals surface area contributed by atoms with Gasteiger partial charge in [0.05, 0.1) is 19.6 Å². The van der Waals surface area contributed by atoms with Crippen LogP contribution in [0.3, 0.4) is 0 Å². The van der Waals surface area contributed by atoms with E-state index in [1.54, 1.807) is 0 Å². The first-order chi connectivity index (χ1) is 14.2. The summed E-state index contributed by atoms with van der Waals surface area (Å²) in [6, 6.07) is 0. The molecule has 0 aliphatic carbocycles. The van der Waals surface area contributed by atoms with Crippen molar-refractivity contribution in [3.8, 4) is 0 Å². The highest BCUT2D eigenvalue weighted by atomic mass is 16.4. The van der Waals surface area contributed by atoms with E-state index in [4.69, 9.17) is 22.3 Å². The number of rotatable bonds is 10. The Kier molecular flexibility index (Phi) is 11.9. The Morgan fingerprint density at radius 1 is 0.600 bits per heavy atom. The summed E-state index contributed by atoms with van der Waals surface area (Å²) in [6.45, 7) is 5.31. The molecule has 1 fully saturated rings. The zero-order valence-corrected chi connectivity index (χ0v) is 17.5. The Hall–Kier alpha value is -2.28. The largest absolute Gasteiger partial charge is 0.481 e. The van der Waals surface area contributed by atoms with Gasteiger partial charge in [0.25, 0.3) is 0 Å². The van der Waals surface area contributed by atoms with Gasteiger partial charge in [0.2, 0.25) is 17.7 Å². The minimum absolute atomic E-state index is 0.0780. The van der Waals surface area contributed by atoms with Crippen LogP contribution in [-0.2, 0) is 19.2 Å². The maximum atomic E-state index is 11.4. The van der Waals surface area contributed by atoms with Crippen LogP contribution in [0.2, 0.25) is 0 Å². The molecule has 0 aromatic rings. The van der Waals surface area contributed by atoms with Crippen molar-refractivity contribution in [1.82, 2.24) is 19.6 Å². The lowest BCUT2D eigenvalue weighted by atomic mass is 10.2. The van der Waals surface area contributed by atoms with Gasteiger partial charge in [-0.15, -0.1) is 0 Å². The molecule has 12 nitrogen and oxygen atoms in total. The van der Waals surface area contributed by atoms with Crippen molar-refractivity contribution >= 4 is 23.7 Å². The van der Waals surface area contributed by atoms with Gasteiger partial charge >= 0.3 is 5.97 Å². The van der Waals surface area contributed by atoms with E-state index in [1.807, 2.05) is 14.7 Å². The zero-order chi connectivity index (χ0) is 22.5. The monoisotopic (exact) mass is 429 g/mol. The van der Waals surface area contributed by atoms with E-state index in [2.05, 4.69) is 4.90 Å². The molecule has 1 saturated heterocycles. The quantitative estimate of drug-likeness (QED) is 0.274. The molecule has 0 saturated carbocycles. The number of primary amides is 3. The lowest BCUT2D eigenvalue weighted by Crippen LogP contribution is -2.49. The number of nitrogens with two attached hydrogens (primary N) is 3. The molecule has 1 aliphatic heterocycles. The number of carbonyl (C=O) groups excluding carboxylic acids is 3. The molecule has 3 amide bonds. The Morgan fingerprint density at radius 2 is 0.900 bits per heavy atom. The molecule has 1 rings (SSSR count). The summed E-state index contributed by atoms with van der Waals surface area (Å²) in [7, 11) is 0. The highest BCUT2D eigenvalue weighted by molar-refractivity contribution is 5.76. The third-order valence-corrected chi connectivity index (χ3v) is 4.93. The summed E-state index contributed by atoms with van der Waals surface area (Å²) in [5.41, 5.74) is 16.1. The first kappa shape index (κ1) is 25.8. The molecule has 0 spiro atoms. The van der Waals surface area contributed by atoms with E-state index >= 15 is 0 Å². The average molecular weight is 430 g/mol. The van der Waals surface area contributed by atoms with Crippen molar-refractivity contribution in [3.05, 3.63) is 0 Å². The Morgan fingerprint density at radius 3 is 1.17 bits per heavy atom. The van der Waals surface area contributed by atoms with Crippen LogP contribution in [-0.4, -0.2) is 127 Å². The summed E-state index contributed by atoms with van der Waals surface area (Å²) >= 11 is 0. The minimum Gasteiger partial charge on any atom is -0.481 e. The van der Waals surface area contributed by atoms with Crippen LogP contribution in [0, 0.1) is 0 Å². The lowest BCUT2D eigenvalue weighted by molar-refractivity contribution is -0.137. The van der Waals surface area contributed by atoms with Crippen molar-refractivity contribution in [2.45, 2.75) is 12.8 Å². The van der Waals surface area contributed by atoms with E-state index in [0.29, 0.717) is 65.3 Å². The van der Waals surface area contributed by atoms with Gasteiger partial charge in [-0.05, 0) is 13.0 Å². The van der Waals surface area contributed by atoms with Gasteiger partial charge in [0, 0.05) is 58.8 Å². The first-order valence-electron chi connectivity index (χ1n) is 10.1. The number of amides is 3. The van der Waals surface area contributed by atoms with Gasteiger partial charge in [-0.25, -0.2) is 0 Å². The second-order valence-electron chi connectivity index (χ2n) is 7.57. The number of carboxylic acids is 1. The standard InChI is InChI=1S/C18H35N7O5/c19-15(26)12-23-6-4-22(3-1-2-18(29)30)5-7-24(13-16(20)27)9-11-25(10-8-23)14-17(21)28/h1-14H2,(H2,19,26)(H2,20,27)(H2,21,28)(H,29,30). The van der Waals surface area contributed by atoms with E-state index in [-0.39, 0.29) is 26.1 Å². The molecule has 7 N–H and O–H groups in total. The van der Waals surface area contributed by atoms with Crippen LogP contribution in [0.4, 0.5) is 0 Å². The molecule has 1 aliphatic rings. The van der Waals surface area contributed by atoms with E-state index < -0.39 is 23.7 Å². The van der Waals surface area contributed by atoms with Crippen molar-refractivity contribution in [1.29, 1.82) is 0 Å². The molecular formula is C18H35N7O5. The molecule has 0 bridgehead atoms.